The lowest BCUT2D eigenvalue weighted by Gasteiger charge is -2.37. The zero-order chi connectivity index (χ0) is 18.0. The van der Waals surface area contributed by atoms with Crippen LogP contribution in [0.2, 0.25) is 0 Å². The van der Waals surface area contributed by atoms with Gasteiger partial charge in [-0.1, -0.05) is 12.1 Å². The van der Waals surface area contributed by atoms with Crippen molar-refractivity contribution in [1.29, 1.82) is 0 Å². The van der Waals surface area contributed by atoms with E-state index in [0.29, 0.717) is 32.3 Å². The van der Waals surface area contributed by atoms with E-state index in [1.807, 2.05) is 4.90 Å². The standard InChI is InChI=1S/C18H19FN4O3/c19-13-3-1-2-4-14(13)21-16(24)15-5-8-20-17(22-15)23-9-6-18(7-10-23)25-11-12-26-18/h1-5,8H,6-7,9-12H2,(H,21,24). The number of nitrogens with one attached hydrogen (secondary N) is 1. The minimum atomic E-state index is -0.493. The fraction of sp³-hybridized carbons (Fsp3) is 0.389. The Morgan fingerprint density at radius 3 is 2.62 bits per heavy atom. The highest BCUT2D eigenvalue weighted by atomic mass is 19.1. The molecule has 3 heterocycles. The van der Waals surface area contributed by atoms with E-state index in [9.17, 15) is 9.18 Å². The van der Waals surface area contributed by atoms with Crippen LogP contribution in [0.3, 0.4) is 0 Å². The minimum Gasteiger partial charge on any atom is -0.347 e. The largest absolute Gasteiger partial charge is 0.347 e. The van der Waals surface area contributed by atoms with Gasteiger partial charge in [0, 0.05) is 32.1 Å². The van der Waals surface area contributed by atoms with Gasteiger partial charge in [-0.05, 0) is 18.2 Å². The Kier molecular flexibility index (Phi) is 4.52. The molecule has 2 fully saturated rings. The van der Waals surface area contributed by atoms with Crippen molar-refractivity contribution in [2.75, 3.05) is 36.5 Å². The number of piperidine rings is 1. The van der Waals surface area contributed by atoms with Gasteiger partial charge < -0.3 is 19.7 Å². The van der Waals surface area contributed by atoms with Crippen molar-refractivity contribution in [2.45, 2.75) is 18.6 Å². The molecule has 1 spiro atoms. The number of hydrogen-bond donors (Lipinski definition) is 1. The number of hydrogen-bond acceptors (Lipinski definition) is 6. The first kappa shape index (κ1) is 16.9. The highest BCUT2D eigenvalue weighted by Gasteiger charge is 2.40. The number of benzene rings is 1. The highest BCUT2D eigenvalue weighted by Crippen LogP contribution is 2.32. The molecular formula is C18H19FN4O3. The molecule has 2 saturated heterocycles. The molecule has 0 aliphatic carbocycles. The second-order valence-corrected chi connectivity index (χ2v) is 6.27. The minimum absolute atomic E-state index is 0.119. The summed E-state index contributed by atoms with van der Waals surface area (Å²) >= 11 is 0. The molecule has 2 aliphatic rings. The Balaban J connectivity index is 1.45. The maximum absolute atomic E-state index is 13.7. The van der Waals surface area contributed by atoms with Crippen LogP contribution in [0, 0.1) is 5.82 Å². The van der Waals surface area contributed by atoms with E-state index in [0.717, 1.165) is 12.8 Å². The lowest BCUT2D eigenvalue weighted by Crippen LogP contribution is -2.45. The molecule has 1 amide bonds. The number of aromatic nitrogens is 2. The Labute approximate surface area is 150 Å². The first-order chi connectivity index (χ1) is 12.7. The predicted octanol–water partition coefficient (Wildman–Crippen LogP) is 2.21. The molecule has 1 aromatic carbocycles. The van der Waals surface area contributed by atoms with Crippen LogP contribution in [0.5, 0.6) is 0 Å². The van der Waals surface area contributed by atoms with Gasteiger partial charge in [0.2, 0.25) is 5.95 Å². The van der Waals surface area contributed by atoms with Crippen molar-refractivity contribution >= 4 is 17.5 Å². The van der Waals surface area contributed by atoms with Crippen molar-refractivity contribution in [3.63, 3.8) is 0 Å². The Bertz CT molecular complexity index is 801. The van der Waals surface area contributed by atoms with Gasteiger partial charge >= 0.3 is 0 Å². The van der Waals surface area contributed by atoms with E-state index in [-0.39, 0.29) is 11.4 Å². The van der Waals surface area contributed by atoms with Crippen LogP contribution in [-0.2, 0) is 9.47 Å². The zero-order valence-corrected chi connectivity index (χ0v) is 14.2. The number of nitrogens with zero attached hydrogens (tertiary/aromatic N) is 3. The topological polar surface area (TPSA) is 76.6 Å². The number of anilines is 2. The summed E-state index contributed by atoms with van der Waals surface area (Å²) in [5, 5.41) is 2.53. The zero-order valence-electron chi connectivity index (χ0n) is 14.2. The quantitative estimate of drug-likeness (QED) is 0.907. The van der Waals surface area contributed by atoms with Crippen LogP contribution in [0.1, 0.15) is 23.3 Å². The van der Waals surface area contributed by atoms with Gasteiger partial charge in [-0.2, -0.15) is 0 Å². The van der Waals surface area contributed by atoms with Gasteiger partial charge in [0.1, 0.15) is 11.5 Å². The van der Waals surface area contributed by atoms with Crippen LogP contribution in [0.25, 0.3) is 0 Å². The van der Waals surface area contributed by atoms with E-state index in [4.69, 9.17) is 9.47 Å². The summed E-state index contributed by atoms with van der Waals surface area (Å²) in [5.74, 6) is -0.974. The molecule has 26 heavy (non-hydrogen) atoms. The molecule has 136 valence electrons. The summed E-state index contributed by atoms with van der Waals surface area (Å²) in [6.07, 6.45) is 2.98. The van der Waals surface area contributed by atoms with Crippen LogP contribution in [0.15, 0.2) is 36.5 Å². The molecule has 0 bridgehead atoms. The summed E-state index contributed by atoms with van der Waals surface area (Å²) in [7, 11) is 0. The number of amides is 1. The summed E-state index contributed by atoms with van der Waals surface area (Å²) < 4.78 is 25.1. The fourth-order valence-electron chi connectivity index (χ4n) is 3.21. The van der Waals surface area contributed by atoms with Crippen LogP contribution >= 0.6 is 0 Å². The second-order valence-electron chi connectivity index (χ2n) is 6.27. The average molecular weight is 358 g/mol. The molecule has 1 aromatic heterocycles. The van der Waals surface area contributed by atoms with Gasteiger partial charge in [0.05, 0.1) is 18.9 Å². The van der Waals surface area contributed by atoms with Crippen molar-refractivity contribution in [3.05, 3.63) is 48.0 Å². The number of carbonyl (C=O) groups is 1. The number of para-hydroxylation sites is 1. The second kappa shape index (κ2) is 6.97. The molecule has 8 heteroatoms. The lowest BCUT2D eigenvalue weighted by molar-refractivity contribution is -0.169. The molecule has 4 rings (SSSR count). The molecule has 0 unspecified atom stereocenters. The van der Waals surface area contributed by atoms with Crippen LogP contribution < -0.4 is 10.2 Å². The highest BCUT2D eigenvalue weighted by molar-refractivity contribution is 6.03. The van der Waals surface area contributed by atoms with Gasteiger partial charge in [-0.25, -0.2) is 14.4 Å². The molecular weight excluding hydrogens is 339 g/mol. The Morgan fingerprint density at radius 2 is 1.88 bits per heavy atom. The average Bonchev–Trinajstić information content (AvgIpc) is 3.12. The maximum atomic E-state index is 13.7. The van der Waals surface area contributed by atoms with E-state index >= 15 is 0 Å². The van der Waals surface area contributed by atoms with Gasteiger partial charge in [0.15, 0.2) is 5.79 Å². The maximum Gasteiger partial charge on any atom is 0.274 e. The number of halogens is 1. The van der Waals surface area contributed by atoms with E-state index in [1.165, 1.54) is 24.4 Å². The monoisotopic (exact) mass is 358 g/mol. The third kappa shape index (κ3) is 3.38. The molecule has 2 aromatic rings. The third-order valence-corrected chi connectivity index (χ3v) is 4.62. The smallest absolute Gasteiger partial charge is 0.274 e. The normalized spacial score (nSPS) is 18.9. The molecule has 0 saturated carbocycles. The molecule has 0 radical (unpaired) electrons. The first-order valence-electron chi connectivity index (χ1n) is 8.57. The van der Waals surface area contributed by atoms with E-state index in [2.05, 4.69) is 15.3 Å². The van der Waals surface area contributed by atoms with Gasteiger partial charge in [-0.15, -0.1) is 0 Å². The molecule has 2 aliphatic heterocycles. The van der Waals surface area contributed by atoms with Gasteiger partial charge in [-0.3, -0.25) is 4.79 Å². The van der Waals surface area contributed by atoms with E-state index in [1.54, 1.807) is 12.1 Å². The van der Waals surface area contributed by atoms with E-state index < -0.39 is 17.5 Å². The number of ether oxygens (including phenoxy) is 2. The van der Waals surface area contributed by atoms with Crippen molar-refractivity contribution in [1.82, 2.24) is 9.97 Å². The van der Waals surface area contributed by atoms with Crippen LogP contribution in [0.4, 0.5) is 16.0 Å². The molecule has 1 N–H and O–H groups in total. The Morgan fingerprint density at radius 1 is 1.15 bits per heavy atom. The Hall–Kier alpha value is -2.58. The number of rotatable bonds is 3. The SMILES string of the molecule is O=C(Nc1ccccc1F)c1ccnc(N2CCC3(CC2)OCCO3)n1. The van der Waals surface area contributed by atoms with Crippen molar-refractivity contribution in [3.8, 4) is 0 Å². The van der Waals surface area contributed by atoms with Crippen LogP contribution in [-0.4, -0.2) is 48.0 Å². The molecule has 0 atom stereocenters. The fourth-order valence-corrected chi connectivity index (χ4v) is 3.21. The number of carbonyl (C=O) groups excluding carboxylic acids is 1. The summed E-state index contributed by atoms with van der Waals surface area (Å²) in [5.41, 5.74) is 0.306. The molecule has 7 nitrogen and oxygen atoms in total. The van der Waals surface area contributed by atoms with Crippen molar-refractivity contribution in [2.24, 2.45) is 0 Å². The summed E-state index contributed by atoms with van der Waals surface area (Å²) in [4.78, 5) is 23.0. The third-order valence-electron chi connectivity index (χ3n) is 4.62. The predicted molar refractivity (Wildman–Crippen MR) is 92.5 cm³/mol. The van der Waals surface area contributed by atoms with Crippen molar-refractivity contribution < 1.29 is 18.7 Å². The summed E-state index contributed by atoms with van der Waals surface area (Å²) in [6, 6.07) is 7.52. The lowest BCUT2D eigenvalue weighted by atomic mass is 10.0. The summed E-state index contributed by atoms with van der Waals surface area (Å²) in [6.45, 7) is 2.61. The first-order valence-corrected chi connectivity index (χ1v) is 8.57. The van der Waals surface area contributed by atoms with Gasteiger partial charge in [0.25, 0.3) is 5.91 Å².